The molecular formula is C13H18N2O2. The summed E-state index contributed by atoms with van der Waals surface area (Å²) in [5, 5.41) is 0. The number of anilines is 1. The van der Waals surface area contributed by atoms with E-state index in [1.54, 1.807) is 4.90 Å². The highest BCUT2D eigenvalue weighted by Gasteiger charge is 2.41. The van der Waals surface area contributed by atoms with Crippen molar-refractivity contribution in [2.75, 3.05) is 18.0 Å². The Morgan fingerprint density at radius 3 is 2.47 bits per heavy atom. The van der Waals surface area contributed by atoms with E-state index in [2.05, 4.69) is 0 Å². The Morgan fingerprint density at radius 1 is 1.41 bits per heavy atom. The first kappa shape index (κ1) is 11.9. The van der Waals surface area contributed by atoms with Crippen LogP contribution in [-0.2, 0) is 4.74 Å². The molecule has 0 spiro atoms. The number of hydrogen-bond acceptors (Lipinski definition) is 3. The zero-order valence-electron chi connectivity index (χ0n) is 10.5. The first-order chi connectivity index (χ1) is 7.97. The molecule has 0 aromatic heterocycles. The Balaban J connectivity index is 2.39. The van der Waals surface area contributed by atoms with Crippen molar-refractivity contribution in [2.45, 2.75) is 26.4 Å². The number of cyclic esters (lactones) is 1. The molecule has 1 heterocycles. The molecule has 1 atom stereocenters. The van der Waals surface area contributed by atoms with E-state index in [0.29, 0.717) is 13.1 Å². The molecule has 1 aromatic carbocycles. The van der Waals surface area contributed by atoms with Crippen LogP contribution in [0.15, 0.2) is 18.2 Å². The molecule has 1 aromatic rings. The lowest BCUT2D eigenvalue weighted by Crippen LogP contribution is -2.39. The van der Waals surface area contributed by atoms with E-state index < -0.39 is 5.60 Å². The highest BCUT2D eigenvalue weighted by atomic mass is 16.6. The minimum atomic E-state index is -0.578. The van der Waals surface area contributed by atoms with Gasteiger partial charge in [0.15, 0.2) is 0 Å². The van der Waals surface area contributed by atoms with Crippen LogP contribution in [0.5, 0.6) is 0 Å². The van der Waals surface area contributed by atoms with Crippen molar-refractivity contribution >= 4 is 11.8 Å². The highest BCUT2D eigenvalue weighted by molar-refractivity contribution is 5.92. The Kier molecular flexibility index (Phi) is 2.83. The third kappa shape index (κ3) is 2.00. The van der Waals surface area contributed by atoms with Gasteiger partial charge in [0.2, 0.25) is 0 Å². The standard InChI is InChI=1S/C13H18N2O2/c1-9-5-4-6-10(2)11(9)15-8-13(3,7-14)17-12(15)16/h4-6H,7-8,14H2,1-3H3. The molecule has 1 aliphatic rings. The largest absolute Gasteiger partial charge is 0.440 e. The maximum absolute atomic E-state index is 11.9. The molecule has 4 heteroatoms. The fourth-order valence-corrected chi connectivity index (χ4v) is 2.21. The highest BCUT2D eigenvalue weighted by Crippen LogP contribution is 2.31. The molecule has 1 aliphatic heterocycles. The monoisotopic (exact) mass is 234 g/mol. The lowest BCUT2D eigenvalue weighted by atomic mass is 10.1. The third-order valence-electron chi connectivity index (χ3n) is 3.19. The van der Waals surface area contributed by atoms with Crippen LogP contribution in [0, 0.1) is 13.8 Å². The molecule has 17 heavy (non-hydrogen) atoms. The van der Waals surface area contributed by atoms with Crippen molar-refractivity contribution in [3.8, 4) is 0 Å². The zero-order valence-corrected chi connectivity index (χ0v) is 10.5. The predicted octanol–water partition coefficient (Wildman–Crippen LogP) is 1.98. The molecule has 0 aliphatic carbocycles. The van der Waals surface area contributed by atoms with Gasteiger partial charge in [0.1, 0.15) is 5.60 Å². The van der Waals surface area contributed by atoms with Crippen LogP contribution in [0.4, 0.5) is 10.5 Å². The second kappa shape index (κ2) is 4.04. The number of para-hydroxylation sites is 1. The molecule has 92 valence electrons. The summed E-state index contributed by atoms with van der Waals surface area (Å²) in [7, 11) is 0. The molecule has 1 amide bonds. The molecule has 2 rings (SSSR count). The number of benzene rings is 1. The van der Waals surface area contributed by atoms with Gasteiger partial charge >= 0.3 is 6.09 Å². The lowest BCUT2D eigenvalue weighted by Gasteiger charge is -2.21. The van der Waals surface area contributed by atoms with E-state index in [0.717, 1.165) is 16.8 Å². The first-order valence-corrected chi connectivity index (χ1v) is 5.74. The number of aryl methyl sites for hydroxylation is 2. The Morgan fingerprint density at radius 2 is 2.00 bits per heavy atom. The van der Waals surface area contributed by atoms with Gasteiger partial charge in [-0.2, -0.15) is 0 Å². The quantitative estimate of drug-likeness (QED) is 0.851. The minimum Gasteiger partial charge on any atom is -0.440 e. The van der Waals surface area contributed by atoms with Crippen molar-refractivity contribution < 1.29 is 9.53 Å². The van der Waals surface area contributed by atoms with Crippen LogP contribution < -0.4 is 10.6 Å². The van der Waals surface area contributed by atoms with Gasteiger partial charge in [0, 0.05) is 6.54 Å². The van der Waals surface area contributed by atoms with Crippen molar-refractivity contribution in [1.82, 2.24) is 0 Å². The van der Waals surface area contributed by atoms with Gasteiger partial charge < -0.3 is 10.5 Å². The van der Waals surface area contributed by atoms with E-state index in [1.165, 1.54) is 0 Å². The summed E-state index contributed by atoms with van der Waals surface area (Å²) in [6, 6.07) is 5.97. The van der Waals surface area contributed by atoms with E-state index in [1.807, 2.05) is 39.0 Å². The van der Waals surface area contributed by atoms with Crippen molar-refractivity contribution in [3.05, 3.63) is 29.3 Å². The van der Waals surface area contributed by atoms with Crippen molar-refractivity contribution in [3.63, 3.8) is 0 Å². The van der Waals surface area contributed by atoms with Gasteiger partial charge in [-0.05, 0) is 31.9 Å². The second-order valence-electron chi connectivity index (χ2n) is 4.85. The predicted molar refractivity (Wildman–Crippen MR) is 67.2 cm³/mol. The average Bonchev–Trinajstić information content (AvgIpc) is 2.55. The van der Waals surface area contributed by atoms with Gasteiger partial charge in [-0.15, -0.1) is 0 Å². The molecular weight excluding hydrogens is 216 g/mol. The molecule has 0 radical (unpaired) electrons. The van der Waals surface area contributed by atoms with Crippen LogP contribution in [0.1, 0.15) is 18.1 Å². The van der Waals surface area contributed by atoms with Crippen LogP contribution in [0.3, 0.4) is 0 Å². The van der Waals surface area contributed by atoms with Crippen LogP contribution in [0.2, 0.25) is 0 Å². The van der Waals surface area contributed by atoms with Crippen LogP contribution >= 0.6 is 0 Å². The van der Waals surface area contributed by atoms with E-state index in [4.69, 9.17) is 10.5 Å². The summed E-state index contributed by atoms with van der Waals surface area (Å²) in [4.78, 5) is 13.6. The maximum atomic E-state index is 11.9. The van der Waals surface area contributed by atoms with E-state index in [9.17, 15) is 4.79 Å². The van der Waals surface area contributed by atoms with Crippen molar-refractivity contribution in [2.24, 2.45) is 5.73 Å². The number of rotatable bonds is 2. The molecule has 4 nitrogen and oxygen atoms in total. The van der Waals surface area contributed by atoms with Crippen molar-refractivity contribution in [1.29, 1.82) is 0 Å². The maximum Gasteiger partial charge on any atom is 0.415 e. The summed E-state index contributed by atoms with van der Waals surface area (Å²) in [6.07, 6.45) is -0.310. The molecule has 0 bridgehead atoms. The van der Waals surface area contributed by atoms with E-state index in [-0.39, 0.29) is 6.09 Å². The number of carbonyl (C=O) groups is 1. The third-order valence-corrected chi connectivity index (χ3v) is 3.19. The first-order valence-electron chi connectivity index (χ1n) is 5.74. The zero-order chi connectivity index (χ0) is 12.6. The number of nitrogens with zero attached hydrogens (tertiary/aromatic N) is 1. The number of hydrogen-bond donors (Lipinski definition) is 1. The summed E-state index contributed by atoms with van der Waals surface area (Å²) >= 11 is 0. The number of carbonyl (C=O) groups excluding carboxylic acids is 1. The normalized spacial score (nSPS) is 24.0. The van der Waals surface area contributed by atoms with Gasteiger partial charge in [-0.1, -0.05) is 18.2 Å². The molecule has 1 saturated heterocycles. The Hall–Kier alpha value is -1.55. The summed E-state index contributed by atoms with van der Waals surface area (Å²) in [6.45, 7) is 6.69. The summed E-state index contributed by atoms with van der Waals surface area (Å²) in [5.74, 6) is 0. The molecule has 1 unspecified atom stereocenters. The molecule has 0 saturated carbocycles. The minimum absolute atomic E-state index is 0.310. The number of nitrogens with two attached hydrogens (primary N) is 1. The van der Waals surface area contributed by atoms with Gasteiger partial charge in [-0.25, -0.2) is 4.79 Å². The topological polar surface area (TPSA) is 55.6 Å². The SMILES string of the molecule is Cc1cccc(C)c1N1CC(C)(CN)OC1=O. The Bertz CT molecular complexity index is 438. The van der Waals surface area contributed by atoms with Crippen LogP contribution in [-0.4, -0.2) is 24.8 Å². The molecule has 1 fully saturated rings. The van der Waals surface area contributed by atoms with Crippen LogP contribution in [0.25, 0.3) is 0 Å². The van der Waals surface area contributed by atoms with E-state index >= 15 is 0 Å². The number of ether oxygens (including phenoxy) is 1. The molecule has 2 N–H and O–H groups in total. The fraction of sp³-hybridized carbons (Fsp3) is 0.462. The second-order valence-corrected chi connectivity index (χ2v) is 4.85. The summed E-state index contributed by atoms with van der Waals surface area (Å²) < 4.78 is 5.34. The number of amides is 1. The van der Waals surface area contributed by atoms with Gasteiger partial charge in [-0.3, -0.25) is 4.90 Å². The van der Waals surface area contributed by atoms with Gasteiger partial charge in [0.25, 0.3) is 0 Å². The summed E-state index contributed by atoms with van der Waals surface area (Å²) in [5.41, 5.74) is 8.15. The lowest BCUT2D eigenvalue weighted by molar-refractivity contribution is 0.0789. The average molecular weight is 234 g/mol. The fourth-order valence-electron chi connectivity index (χ4n) is 2.21. The van der Waals surface area contributed by atoms with Gasteiger partial charge in [0.05, 0.1) is 12.2 Å². The smallest absolute Gasteiger partial charge is 0.415 e. The Labute approximate surface area is 101 Å².